The highest BCUT2D eigenvalue weighted by Gasteiger charge is 2.17. The number of nitrogen functional groups attached to an aromatic ring is 1. The van der Waals surface area contributed by atoms with Crippen molar-refractivity contribution < 1.29 is 4.74 Å². The lowest BCUT2D eigenvalue weighted by Gasteiger charge is -2.25. The van der Waals surface area contributed by atoms with E-state index in [1.165, 1.54) is 0 Å². The summed E-state index contributed by atoms with van der Waals surface area (Å²) in [4.78, 5) is 0. The molecule has 0 bridgehead atoms. The first-order chi connectivity index (χ1) is 7.55. The molecule has 0 heterocycles. The second-order valence-electron chi connectivity index (χ2n) is 4.85. The molecule has 0 aliphatic carbocycles. The fourth-order valence-corrected chi connectivity index (χ4v) is 1.46. The molecule has 1 aromatic carbocycles. The Labute approximate surface area is 98.0 Å². The standard InChI is InChI=1S/C13H22N2O/c1-13(2,8-9-16-3)10-15-12-7-5-4-6-11(12)14/h4-7,15H,8-10,14H2,1-3H3. The lowest BCUT2D eigenvalue weighted by molar-refractivity contribution is 0.157. The molecule has 3 N–H and O–H groups in total. The Hall–Kier alpha value is -1.22. The van der Waals surface area contributed by atoms with Crippen molar-refractivity contribution in [1.29, 1.82) is 0 Å². The fraction of sp³-hybridized carbons (Fsp3) is 0.538. The molecule has 0 spiro atoms. The first kappa shape index (κ1) is 12.8. The number of nitrogens with two attached hydrogens (primary N) is 1. The van der Waals surface area contributed by atoms with Gasteiger partial charge in [0, 0.05) is 20.3 Å². The van der Waals surface area contributed by atoms with Gasteiger partial charge in [0.15, 0.2) is 0 Å². The SMILES string of the molecule is COCCC(C)(C)CNc1ccccc1N. The molecule has 0 saturated heterocycles. The van der Waals surface area contributed by atoms with Crippen LogP contribution in [0.5, 0.6) is 0 Å². The van der Waals surface area contributed by atoms with E-state index >= 15 is 0 Å². The molecule has 0 aromatic heterocycles. The maximum Gasteiger partial charge on any atom is 0.0574 e. The number of anilines is 2. The second-order valence-corrected chi connectivity index (χ2v) is 4.85. The number of methoxy groups -OCH3 is 1. The molecular formula is C13H22N2O. The Morgan fingerprint density at radius 2 is 2.00 bits per heavy atom. The van der Waals surface area contributed by atoms with Crippen LogP contribution < -0.4 is 11.1 Å². The van der Waals surface area contributed by atoms with E-state index in [1.54, 1.807) is 7.11 Å². The molecule has 1 rings (SSSR count). The highest BCUT2D eigenvalue weighted by Crippen LogP contribution is 2.23. The van der Waals surface area contributed by atoms with Crippen LogP contribution in [0, 0.1) is 5.41 Å². The number of rotatable bonds is 6. The van der Waals surface area contributed by atoms with Crippen LogP contribution in [0.25, 0.3) is 0 Å². The summed E-state index contributed by atoms with van der Waals surface area (Å²) in [5.41, 5.74) is 7.87. The first-order valence-corrected chi connectivity index (χ1v) is 5.62. The number of hydrogen-bond donors (Lipinski definition) is 2. The number of benzene rings is 1. The monoisotopic (exact) mass is 222 g/mol. The highest BCUT2D eigenvalue weighted by atomic mass is 16.5. The van der Waals surface area contributed by atoms with Crippen molar-refractivity contribution in [3.63, 3.8) is 0 Å². The predicted molar refractivity (Wildman–Crippen MR) is 69.6 cm³/mol. The van der Waals surface area contributed by atoms with Crippen LogP contribution in [0.3, 0.4) is 0 Å². The lowest BCUT2D eigenvalue weighted by atomic mass is 9.89. The van der Waals surface area contributed by atoms with Gasteiger partial charge in [0.25, 0.3) is 0 Å². The Morgan fingerprint density at radius 1 is 1.31 bits per heavy atom. The van der Waals surface area contributed by atoms with E-state index in [4.69, 9.17) is 10.5 Å². The van der Waals surface area contributed by atoms with Gasteiger partial charge in [-0.25, -0.2) is 0 Å². The molecule has 0 unspecified atom stereocenters. The van der Waals surface area contributed by atoms with Crippen molar-refractivity contribution >= 4 is 11.4 Å². The van der Waals surface area contributed by atoms with E-state index in [-0.39, 0.29) is 5.41 Å². The molecule has 0 amide bonds. The smallest absolute Gasteiger partial charge is 0.0574 e. The minimum Gasteiger partial charge on any atom is -0.397 e. The van der Waals surface area contributed by atoms with E-state index in [2.05, 4.69) is 19.2 Å². The topological polar surface area (TPSA) is 47.3 Å². The Morgan fingerprint density at radius 3 is 2.62 bits per heavy atom. The van der Waals surface area contributed by atoms with Gasteiger partial charge in [-0.3, -0.25) is 0 Å². The summed E-state index contributed by atoms with van der Waals surface area (Å²) in [5.74, 6) is 0. The zero-order chi connectivity index (χ0) is 12.0. The summed E-state index contributed by atoms with van der Waals surface area (Å²) in [6.07, 6.45) is 1.03. The van der Waals surface area contributed by atoms with Gasteiger partial charge in [0.2, 0.25) is 0 Å². The quantitative estimate of drug-likeness (QED) is 0.728. The molecule has 0 fully saturated rings. The van der Waals surface area contributed by atoms with Gasteiger partial charge in [-0.1, -0.05) is 26.0 Å². The van der Waals surface area contributed by atoms with Gasteiger partial charge < -0.3 is 15.8 Å². The molecular weight excluding hydrogens is 200 g/mol. The molecule has 90 valence electrons. The van der Waals surface area contributed by atoms with Crippen LogP contribution in [-0.2, 0) is 4.74 Å². The molecule has 16 heavy (non-hydrogen) atoms. The third kappa shape index (κ3) is 4.11. The van der Waals surface area contributed by atoms with E-state index < -0.39 is 0 Å². The van der Waals surface area contributed by atoms with Crippen LogP contribution in [0.2, 0.25) is 0 Å². The summed E-state index contributed by atoms with van der Waals surface area (Å²) in [7, 11) is 1.73. The van der Waals surface area contributed by atoms with Gasteiger partial charge in [-0.05, 0) is 24.0 Å². The van der Waals surface area contributed by atoms with Gasteiger partial charge in [0.1, 0.15) is 0 Å². The number of nitrogens with one attached hydrogen (secondary N) is 1. The summed E-state index contributed by atoms with van der Waals surface area (Å²) in [5, 5.41) is 3.38. The van der Waals surface area contributed by atoms with Crippen molar-refractivity contribution in [2.75, 3.05) is 31.3 Å². The van der Waals surface area contributed by atoms with E-state index in [9.17, 15) is 0 Å². The minimum atomic E-state index is 0.207. The Balaban J connectivity index is 2.47. The summed E-state index contributed by atoms with van der Waals surface area (Å²) < 4.78 is 5.10. The van der Waals surface area contributed by atoms with Crippen molar-refractivity contribution in [2.45, 2.75) is 20.3 Å². The highest BCUT2D eigenvalue weighted by molar-refractivity contribution is 5.65. The number of para-hydroxylation sites is 2. The molecule has 3 heteroatoms. The van der Waals surface area contributed by atoms with Crippen LogP contribution in [-0.4, -0.2) is 20.3 Å². The van der Waals surface area contributed by atoms with Crippen molar-refractivity contribution in [2.24, 2.45) is 5.41 Å². The molecule has 0 saturated carbocycles. The largest absolute Gasteiger partial charge is 0.397 e. The van der Waals surface area contributed by atoms with Crippen LogP contribution in [0.15, 0.2) is 24.3 Å². The third-order valence-corrected chi connectivity index (χ3v) is 2.70. The van der Waals surface area contributed by atoms with Crippen LogP contribution >= 0.6 is 0 Å². The minimum absolute atomic E-state index is 0.207. The maximum atomic E-state index is 5.86. The molecule has 0 radical (unpaired) electrons. The maximum absolute atomic E-state index is 5.86. The van der Waals surface area contributed by atoms with E-state index in [0.29, 0.717) is 0 Å². The molecule has 0 aliphatic heterocycles. The van der Waals surface area contributed by atoms with Gasteiger partial charge >= 0.3 is 0 Å². The average Bonchev–Trinajstić information content (AvgIpc) is 2.26. The third-order valence-electron chi connectivity index (χ3n) is 2.70. The average molecular weight is 222 g/mol. The molecule has 0 atom stereocenters. The summed E-state index contributed by atoms with van der Waals surface area (Å²) in [6.45, 7) is 6.12. The molecule has 0 aliphatic rings. The summed E-state index contributed by atoms with van der Waals surface area (Å²) >= 11 is 0. The molecule has 3 nitrogen and oxygen atoms in total. The van der Waals surface area contributed by atoms with Crippen LogP contribution in [0.1, 0.15) is 20.3 Å². The van der Waals surface area contributed by atoms with Crippen LogP contribution in [0.4, 0.5) is 11.4 Å². The van der Waals surface area contributed by atoms with Gasteiger partial charge in [0.05, 0.1) is 11.4 Å². The first-order valence-electron chi connectivity index (χ1n) is 5.62. The lowest BCUT2D eigenvalue weighted by Crippen LogP contribution is -2.24. The summed E-state index contributed by atoms with van der Waals surface area (Å²) in [6, 6.07) is 7.84. The fourth-order valence-electron chi connectivity index (χ4n) is 1.46. The predicted octanol–water partition coefficient (Wildman–Crippen LogP) is 2.74. The second kappa shape index (κ2) is 5.75. The number of ether oxygens (including phenoxy) is 1. The van der Waals surface area contributed by atoms with E-state index in [0.717, 1.165) is 30.9 Å². The zero-order valence-electron chi connectivity index (χ0n) is 10.4. The van der Waals surface area contributed by atoms with Crippen molar-refractivity contribution in [1.82, 2.24) is 0 Å². The number of hydrogen-bond acceptors (Lipinski definition) is 3. The zero-order valence-corrected chi connectivity index (χ0v) is 10.4. The van der Waals surface area contributed by atoms with Gasteiger partial charge in [-0.15, -0.1) is 0 Å². The van der Waals surface area contributed by atoms with Crippen molar-refractivity contribution in [3.05, 3.63) is 24.3 Å². The Bertz CT molecular complexity index is 323. The van der Waals surface area contributed by atoms with Gasteiger partial charge in [-0.2, -0.15) is 0 Å². The normalized spacial score (nSPS) is 11.4. The molecule has 1 aromatic rings. The Kier molecular flexibility index (Phi) is 4.62. The van der Waals surface area contributed by atoms with Crippen molar-refractivity contribution in [3.8, 4) is 0 Å². The van der Waals surface area contributed by atoms with E-state index in [1.807, 2.05) is 24.3 Å².